The molecule has 0 atom stereocenters. The summed E-state index contributed by atoms with van der Waals surface area (Å²) in [6.45, 7) is 0. The monoisotopic (exact) mass is 360 g/mol. The lowest BCUT2D eigenvalue weighted by Gasteiger charge is -2.03. The van der Waals surface area contributed by atoms with Crippen molar-refractivity contribution in [3.05, 3.63) is 77.7 Å². The third-order valence-electron chi connectivity index (χ3n) is 4.12. The molecular formula is C21H16N2O2S. The van der Waals surface area contributed by atoms with E-state index in [-0.39, 0.29) is 5.91 Å². The molecule has 0 unspecified atom stereocenters. The molecule has 0 bridgehead atoms. The summed E-state index contributed by atoms with van der Waals surface area (Å²) in [5.74, 6) is 0.529. The number of carbonyl (C=O) groups excluding carboxylic acids is 1. The summed E-state index contributed by atoms with van der Waals surface area (Å²) in [5.41, 5.74) is 2.45. The highest BCUT2D eigenvalue weighted by Gasteiger charge is 2.10. The van der Waals surface area contributed by atoms with Crippen molar-refractivity contribution in [3.8, 4) is 17.0 Å². The molecule has 0 saturated carbocycles. The topological polar surface area (TPSA) is 51.2 Å². The molecule has 0 aliphatic carbocycles. The number of fused-ring (bicyclic) bond motifs is 1. The Kier molecular flexibility index (Phi) is 4.37. The molecule has 4 rings (SSSR count). The van der Waals surface area contributed by atoms with Gasteiger partial charge in [-0.1, -0.05) is 36.4 Å². The summed E-state index contributed by atoms with van der Waals surface area (Å²) in [5, 5.41) is 7.74. The summed E-state index contributed by atoms with van der Waals surface area (Å²) in [6.07, 6.45) is 0. The first-order valence-electron chi connectivity index (χ1n) is 8.13. The molecule has 0 fully saturated rings. The van der Waals surface area contributed by atoms with Gasteiger partial charge in [0.25, 0.3) is 5.91 Å². The third-order valence-corrected chi connectivity index (χ3v) is 4.88. The van der Waals surface area contributed by atoms with Crippen molar-refractivity contribution in [2.24, 2.45) is 0 Å². The fourth-order valence-corrected chi connectivity index (χ4v) is 3.44. The number of amides is 1. The number of hydrogen-bond donors (Lipinski definition) is 1. The summed E-state index contributed by atoms with van der Waals surface area (Å²) in [4.78, 5) is 16.9. The van der Waals surface area contributed by atoms with Gasteiger partial charge >= 0.3 is 0 Å². The van der Waals surface area contributed by atoms with E-state index in [0.717, 1.165) is 17.0 Å². The van der Waals surface area contributed by atoms with Gasteiger partial charge in [0.1, 0.15) is 5.75 Å². The van der Waals surface area contributed by atoms with Crippen molar-refractivity contribution in [2.45, 2.75) is 0 Å². The molecule has 1 N–H and O–H groups in total. The van der Waals surface area contributed by atoms with Gasteiger partial charge in [-0.15, -0.1) is 11.3 Å². The maximum atomic E-state index is 12.3. The highest BCUT2D eigenvalue weighted by atomic mass is 32.1. The molecule has 4 nitrogen and oxygen atoms in total. The Bertz CT molecular complexity index is 1070. The third kappa shape index (κ3) is 3.30. The van der Waals surface area contributed by atoms with Crippen LogP contribution in [0.3, 0.4) is 0 Å². The smallest absolute Gasteiger partial charge is 0.257 e. The van der Waals surface area contributed by atoms with Crippen LogP contribution >= 0.6 is 11.3 Å². The average molecular weight is 360 g/mol. The zero-order valence-corrected chi connectivity index (χ0v) is 14.9. The molecular weight excluding hydrogens is 344 g/mol. The van der Waals surface area contributed by atoms with Crippen molar-refractivity contribution >= 4 is 33.1 Å². The number of nitrogens with zero attached hydrogens (tertiary/aromatic N) is 1. The number of methoxy groups -OCH3 is 1. The van der Waals surface area contributed by atoms with Crippen molar-refractivity contribution in [3.63, 3.8) is 0 Å². The Balaban J connectivity index is 1.54. The van der Waals surface area contributed by atoms with Crippen molar-refractivity contribution in [2.75, 3.05) is 12.4 Å². The lowest BCUT2D eigenvalue weighted by molar-refractivity contribution is 0.102. The molecule has 0 aliphatic rings. The highest BCUT2D eigenvalue weighted by Crippen LogP contribution is 2.28. The van der Waals surface area contributed by atoms with E-state index in [1.165, 1.54) is 22.1 Å². The van der Waals surface area contributed by atoms with Crippen LogP contribution in [0.25, 0.3) is 22.0 Å². The standard InChI is InChI=1S/C21H16N2O2S/c1-25-18-10-8-15(9-11-18)20(24)23-21-22-19(13-26-21)17-7-6-14-4-2-3-5-16(14)12-17/h2-13H,1H3,(H,22,23,24). The van der Waals surface area contributed by atoms with Gasteiger partial charge in [-0.05, 0) is 41.1 Å². The Morgan fingerprint density at radius 2 is 1.77 bits per heavy atom. The van der Waals surface area contributed by atoms with E-state index in [1.807, 2.05) is 23.6 Å². The van der Waals surface area contributed by atoms with Crippen LogP contribution < -0.4 is 10.1 Å². The zero-order valence-electron chi connectivity index (χ0n) is 14.1. The molecule has 1 aromatic heterocycles. The number of carbonyl (C=O) groups is 1. The number of anilines is 1. The first-order chi connectivity index (χ1) is 12.7. The number of benzene rings is 3. The minimum Gasteiger partial charge on any atom is -0.497 e. The van der Waals surface area contributed by atoms with Gasteiger partial charge in [-0.3, -0.25) is 10.1 Å². The lowest BCUT2D eigenvalue weighted by atomic mass is 10.1. The van der Waals surface area contributed by atoms with Gasteiger partial charge in [0.05, 0.1) is 12.8 Å². The van der Waals surface area contributed by atoms with Crippen LogP contribution in [0.2, 0.25) is 0 Å². The molecule has 4 aromatic rings. The number of ether oxygens (including phenoxy) is 1. The fourth-order valence-electron chi connectivity index (χ4n) is 2.72. The fraction of sp³-hybridized carbons (Fsp3) is 0.0476. The van der Waals surface area contributed by atoms with Gasteiger partial charge in [0.15, 0.2) is 5.13 Å². The first-order valence-corrected chi connectivity index (χ1v) is 9.01. The Labute approximate surface area is 155 Å². The van der Waals surface area contributed by atoms with Crippen LogP contribution in [-0.2, 0) is 0 Å². The number of aromatic nitrogens is 1. The Hall–Kier alpha value is -3.18. The van der Waals surface area contributed by atoms with Crippen molar-refractivity contribution in [1.82, 2.24) is 4.98 Å². The van der Waals surface area contributed by atoms with E-state index >= 15 is 0 Å². The lowest BCUT2D eigenvalue weighted by Crippen LogP contribution is -2.11. The van der Waals surface area contributed by atoms with Crippen LogP contribution in [0.15, 0.2) is 72.1 Å². The summed E-state index contributed by atoms with van der Waals surface area (Å²) < 4.78 is 5.11. The number of nitrogens with one attached hydrogen (secondary N) is 1. The van der Waals surface area contributed by atoms with E-state index in [0.29, 0.717) is 10.7 Å². The first kappa shape index (κ1) is 16.3. The molecule has 0 spiro atoms. The second kappa shape index (κ2) is 6.98. The molecule has 0 radical (unpaired) electrons. The predicted octanol–water partition coefficient (Wildman–Crippen LogP) is 5.22. The molecule has 26 heavy (non-hydrogen) atoms. The van der Waals surface area contributed by atoms with Crippen LogP contribution in [0.4, 0.5) is 5.13 Å². The van der Waals surface area contributed by atoms with Crippen LogP contribution in [0.5, 0.6) is 5.75 Å². The van der Waals surface area contributed by atoms with Crippen LogP contribution in [0.1, 0.15) is 10.4 Å². The molecule has 0 saturated heterocycles. The number of rotatable bonds is 4. The number of thiazole rings is 1. The van der Waals surface area contributed by atoms with E-state index in [1.54, 1.807) is 31.4 Å². The van der Waals surface area contributed by atoms with Gasteiger partial charge in [-0.25, -0.2) is 4.98 Å². The SMILES string of the molecule is COc1ccc(C(=O)Nc2nc(-c3ccc4ccccc4c3)cs2)cc1. The largest absolute Gasteiger partial charge is 0.497 e. The van der Waals surface area contributed by atoms with Crippen molar-refractivity contribution < 1.29 is 9.53 Å². The minimum absolute atomic E-state index is 0.188. The molecule has 1 heterocycles. The quantitative estimate of drug-likeness (QED) is 0.542. The Morgan fingerprint density at radius 1 is 1.00 bits per heavy atom. The molecule has 1 amide bonds. The molecule has 128 valence electrons. The second-order valence-corrected chi connectivity index (χ2v) is 6.64. The van der Waals surface area contributed by atoms with Gasteiger partial charge in [-0.2, -0.15) is 0 Å². The minimum atomic E-state index is -0.188. The second-order valence-electron chi connectivity index (χ2n) is 5.78. The summed E-state index contributed by atoms with van der Waals surface area (Å²) in [6, 6.07) is 21.4. The van der Waals surface area contributed by atoms with Crippen molar-refractivity contribution in [1.29, 1.82) is 0 Å². The molecule has 3 aromatic carbocycles. The zero-order chi connectivity index (χ0) is 17.9. The van der Waals surface area contributed by atoms with E-state index in [4.69, 9.17) is 4.74 Å². The average Bonchev–Trinajstić information content (AvgIpc) is 3.16. The van der Waals surface area contributed by atoms with Gasteiger partial charge in [0.2, 0.25) is 0 Å². The van der Waals surface area contributed by atoms with E-state index in [9.17, 15) is 4.79 Å². The van der Waals surface area contributed by atoms with Crippen LogP contribution in [-0.4, -0.2) is 18.0 Å². The highest BCUT2D eigenvalue weighted by molar-refractivity contribution is 7.14. The normalized spacial score (nSPS) is 10.7. The van der Waals surface area contributed by atoms with E-state index < -0.39 is 0 Å². The Morgan fingerprint density at radius 3 is 2.54 bits per heavy atom. The van der Waals surface area contributed by atoms with Gasteiger partial charge < -0.3 is 4.74 Å². The maximum Gasteiger partial charge on any atom is 0.257 e. The van der Waals surface area contributed by atoms with Gasteiger partial charge in [0, 0.05) is 16.5 Å². The molecule has 0 aliphatic heterocycles. The van der Waals surface area contributed by atoms with Crippen LogP contribution in [0, 0.1) is 0 Å². The maximum absolute atomic E-state index is 12.3. The predicted molar refractivity (Wildman–Crippen MR) is 106 cm³/mol. The molecule has 5 heteroatoms. The summed E-state index contributed by atoms with van der Waals surface area (Å²) >= 11 is 1.41. The van der Waals surface area contributed by atoms with E-state index in [2.05, 4.69) is 34.6 Å². The summed E-state index contributed by atoms with van der Waals surface area (Å²) in [7, 11) is 1.60. The number of hydrogen-bond acceptors (Lipinski definition) is 4.